The molecule has 0 heterocycles. The molecular formula is C9H7BrF5N. The second-order valence-corrected chi connectivity index (χ2v) is 3.95. The Morgan fingerprint density at radius 2 is 1.75 bits per heavy atom. The van der Waals surface area contributed by atoms with Gasteiger partial charge in [-0.3, -0.25) is 0 Å². The molecule has 16 heavy (non-hydrogen) atoms. The van der Waals surface area contributed by atoms with Crippen molar-refractivity contribution in [3.63, 3.8) is 0 Å². The Bertz CT molecular complexity index is 377. The highest BCUT2D eigenvalue weighted by Crippen LogP contribution is 2.34. The third-order valence-electron chi connectivity index (χ3n) is 1.95. The molecule has 0 saturated heterocycles. The summed E-state index contributed by atoms with van der Waals surface area (Å²) >= 11 is 2.89. The van der Waals surface area contributed by atoms with Crippen LogP contribution in [0.25, 0.3) is 0 Å². The molecule has 0 bridgehead atoms. The van der Waals surface area contributed by atoms with E-state index in [1.165, 1.54) is 0 Å². The highest BCUT2D eigenvalue weighted by molar-refractivity contribution is 9.10. The van der Waals surface area contributed by atoms with Gasteiger partial charge >= 0.3 is 6.18 Å². The molecule has 1 aromatic carbocycles. The Kier molecular flexibility index (Phi) is 3.90. The fourth-order valence-electron chi connectivity index (χ4n) is 1.11. The van der Waals surface area contributed by atoms with Crippen molar-refractivity contribution < 1.29 is 22.0 Å². The first-order chi connectivity index (χ1) is 7.23. The molecule has 1 aromatic rings. The Morgan fingerprint density at radius 1 is 1.19 bits per heavy atom. The van der Waals surface area contributed by atoms with Gasteiger partial charge in [0.05, 0.1) is 11.6 Å². The molecule has 2 N–H and O–H groups in total. The van der Waals surface area contributed by atoms with Crippen LogP contribution in [0.4, 0.5) is 22.0 Å². The van der Waals surface area contributed by atoms with E-state index in [2.05, 4.69) is 15.9 Å². The van der Waals surface area contributed by atoms with Gasteiger partial charge in [-0.1, -0.05) is 15.9 Å². The quantitative estimate of drug-likeness (QED) is 0.828. The predicted octanol–water partition coefficient (Wildman–Crippen LogP) is 3.73. The lowest BCUT2D eigenvalue weighted by molar-refractivity contribution is -0.137. The third kappa shape index (κ3) is 2.91. The summed E-state index contributed by atoms with van der Waals surface area (Å²) in [6.45, 7) is 0. The van der Waals surface area contributed by atoms with Crippen LogP contribution >= 0.6 is 15.9 Å². The van der Waals surface area contributed by atoms with Gasteiger partial charge in [0.2, 0.25) is 0 Å². The molecule has 0 aromatic heterocycles. The van der Waals surface area contributed by atoms with Crippen molar-refractivity contribution in [3.05, 3.63) is 33.8 Å². The summed E-state index contributed by atoms with van der Waals surface area (Å²) in [5.74, 6) is 0. The van der Waals surface area contributed by atoms with E-state index in [4.69, 9.17) is 5.73 Å². The van der Waals surface area contributed by atoms with E-state index in [1.54, 1.807) is 0 Å². The van der Waals surface area contributed by atoms with Crippen LogP contribution in [0, 0.1) is 0 Å². The van der Waals surface area contributed by atoms with Crippen LogP contribution < -0.4 is 5.73 Å². The first kappa shape index (κ1) is 13.4. The zero-order valence-electron chi connectivity index (χ0n) is 7.73. The van der Waals surface area contributed by atoms with Crippen molar-refractivity contribution in [1.29, 1.82) is 0 Å². The van der Waals surface area contributed by atoms with Gasteiger partial charge in [0.1, 0.15) is 0 Å². The fraction of sp³-hybridized carbons (Fsp3) is 0.333. The summed E-state index contributed by atoms with van der Waals surface area (Å²) in [5.41, 5.74) is 3.85. The van der Waals surface area contributed by atoms with Crippen molar-refractivity contribution in [2.75, 3.05) is 0 Å². The van der Waals surface area contributed by atoms with E-state index in [0.29, 0.717) is 6.07 Å². The Morgan fingerprint density at radius 3 is 2.19 bits per heavy atom. The van der Waals surface area contributed by atoms with E-state index < -0.39 is 24.2 Å². The van der Waals surface area contributed by atoms with Gasteiger partial charge in [0, 0.05) is 4.47 Å². The van der Waals surface area contributed by atoms with Gasteiger partial charge in [-0.15, -0.1) is 0 Å². The van der Waals surface area contributed by atoms with Gasteiger partial charge in [-0.25, -0.2) is 8.78 Å². The molecule has 90 valence electrons. The summed E-state index contributed by atoms with van der Waals surface area (Å²) in [4.78, 5) is 0. The topological polar surface area (TPSA) is 26.0 Å². The molecule has 0 unspecified atom stereocenters. The second-order valence-electron chi connectivity index (χ2n) is 3.09. The average molecular weight is 304 g/mol. The van der Waals surface area contributed by atoms with Crippen LogP contribution in [0.2, 0.25) is 0 Å². The van der Waals surface area contributed by atoms with Crippen LogP contribution in [-0.4, -0.2) is 6.43 Å². The molecule has 0 radical (unpaired) electrons. The number of benzene rings is 1. The van der Waals surface area contributed by atoms with Crippen molar-refractivity contribution >= 4 is 15.9 Å². The molecule has 0 spiro atoms. The molecule has 1 nitrogen and oxygen atoms in total. The molecule has 0 aliphatic carbocycles. The van der Waals surface area contributed by atoms with Crippen molar-refractivity contribution in [3.8, 4) is 0 Å². The van der Waals surface area contributed by atoms with Crippen LogP contribution in [0.5, 0.6) is 0 Å². The Hall–Kier alpha value is -0.690. The van der Waals surface area contributed by atoms with E-state index >= 15 is 0 Å². The lowest BCUT2D eigenvalue weighted by atomic mass is 10.0. The zero-order chi connectivity index (χ0) is 12.5. The van der Waals surface area contributed by atoms with Gasteiger partial charge in [-0.2, -0.15) is 13.2 Å². The number of rotatable bonds is 2. The van der Waals surface area contributed by atoms with Crippen molar-refractivity contribution in [1.82, 2.24) is 0 Å². The number of alkyl halides is 5. The van der Waals surface area contributed by atoms with Crippen LogP contribution in [-0.2, 0) is 6.18 Å². The molecule has 7 heteroatoms. The molecule has 1 rings (SSSR count). The fourth-order valence-corrected chi connectivity index (χ4v) is 1.62. The lowest BCUT2D eigenvalue weighted by Crippen LogP contribution is -2.20. The lowest BCUT2D eigenvalue weighted by Gasteiger charge is -2.15. The number of halogens is 6. The normalized spacial score (nSPS) is 14.2. The highest BCUT2D eigenvalue weighted by Gasteiger charge is 2.32. The summed E-state index contributed by atoms with van der Waals surface area (Å²) in [7, 11) is 0. The molecule has 0 saturated carbocycles. The van der Waals surface area contributed by atoms with E-state index in [0.717, 1.165) is 12.1 Å². The minimum Gasteiger partial charge on any atom is -0.319 e. The molecule has 0 fully saturated rings. The highest BCUT2D eigenvalue weighted by atomic mass is 79.9. The SMILES string of the molecule is N[C@@H](c1cc(C(F)(F)F)ccc1Br)C(F)F. The maximum absolute atomic E-state index is 12.3. The largest absolute Gasteiger partial charge is 0.416 e. The second kappa shape index (κ2) is 4.67. The monoisotopic (exact) mass is 303 g/mol. The van der Waals surface area contributed by atoms with E-state index in [-0.39, 0.29) is 10.0 Å². The van der Waals surface area contributed by atoms with Crippen LogP contribution in [0.3, 0.4) is 0 Å². The summed E-state index contributed by atoms with van der Waals surface area (Å²) in [5, 5.41) is 0. The van der Waals surface area contributed by atoms with E-state index in [9.17, 15) is 22.0 Å². The molecule has 0 aliphatic heterocycles. The van der Waals surface area contributed by atoms with Crippen molar-refractivity contribution in [2.45, 2.75) is 18.6 Å². The smallest absolute Gasteiger partial charge is 0.319 e. The standard InChI is InChI=1S/C9H7BrF5N/c10-6-2-1-4(9(13,14)15)3-5(6)7(16)8(11)12/h1-3,7-8H,16H2/t7-/m0/s1. The van der Waals surface area contributed by atoms with Crippen molar-refractivity contribution in [2.24, 2.45) is 5.73 Å². The minimum atomic E-state index is -4.57. The van der Waals surface area contributed by atoms with E-state index in [1.807, 2.05) is 0 Å². The summed E-state index contributed by atoms with van der Waals surface area (Å²) in [6, 6.07) is 0.740. The predicted molar refractivity (Wildman–Crippen MR) is 52.1 cm³/mol. The molecule has 0 aliphatic rings. The summed E-state index contributed by atoms with van der Waals surface area (Å²) in [6.07, 6.45) is -7.49. The maximum Gasteiger partial charge on any atom is 0.416 e. The van der Waals surface area contributed by atoms with Gasteiger partial charge in [0.15, 0.2) is 0 Å². The Labute approximate surface area is 96.6 Å². The number of hydrogen-bond donors (Lipinski definition) is 1. The maximum atomic E-state index is 12.3. The first-order valence-electron chi connectivity index (χ1n) is 4.14. The van der Waals surface area contributed by atoms with Gasteiger partial charge in [0.25, 0.3) is 6.43 Å². The first-order valence-corrected chi connectivity index (χ1v) is 4.93. The molecule has 0 amide bonds. The summed E-state index contributed by atoms with van der Waals surface area (Å²) < 4.78 is 61.7. The third-order valence-corrected chi connectivity index (χ3v) is 2.68. The minimum absolute atomic E-state index is 0.133. The van der Waals surface area contributed by atoms with Gasteiger partial charge < -0.3 is 5.73 Å². The van der Waals surface area contributed by atoms with Crippen LogP contribution in [0.1, 0.15) is 17.2 Å². The Balaban J connectivity index is 3.19. The average Bonchev–Trinajstić information content (AvgIpc) is 2.15. The van der Waals surface area contributed by atoms with Crippen LogP contribution in [0.15, 0.2) is 22.7 Å². The zero-order valence-corrected chi connectivity index (χ0v) is 9.32. The molecule has 1 atom stereocenters. The number of hydrogen-bond acceptors (Lipinski definition) is 1. The number of nitrogens with two attached hydrogens (primary N) is 1. The van der Waals surface area contributed by atoms with Gasteiger partial charge in [-0.05, 0) is 23.8 Å². The molecular weight excluding hydrogens is 297 g/mol.